The molecule has 0 bridgehead atoms. The molecule has 0 fully saturated rings. The van der Waals surface area contributed by atoms with Crippen molar-refractivity contribution in [3.63, 3.8) is 0 Å². The van der Waals surface area contributed by atoms with Crippen molar-refractivity contribution in [2.45, 2.75) is 39.8 Å². The predicted molar refractivity (Wildman–Crippen MR) is 104 cm³/mol. The second-order valence-electron chi connectivity index (χ2n) is 6.60. The molecule has 26 heavy (non-hydrogen) atoms. The van der Waals surface area contributed by atoms with Crippen molar-refractivity contribution in [3.8, 4) is 11.4 Å². The van der Waals surface area contributed by atoms with Crippen molar-refractivity contribution in [1.29, 1.82) is 0 Å². The summed E-state index contributed by atoms with van der Waals surface area (Å²) in [4.78, 5) is 12.8. The third kappa shape index (κ3) is 3.21. The molecule has 3 rings (SSSR count). The van der Waals surface area contributed by atoms with Gasteiger partial charge in [0.2, 0.25) is 0 Å². The summed E-state index contributed by atoms with van der Waals surface area (Å²) in [6.07, 6.45) is 1.64. The van der Waals surface area contributed by atoms with Gasteiger partial charge >= 0.3 is 0 Å². The number of hydrogen-bond acceptors (Lipinski definition) is 5. The molecule has 136 valence electrons. The topological polar surface area (TPSA) is 60.9 Å². The number of carbonyl (C=O) groups is 1. The Bertz CT molecular complexity index is 985. The summed E-state index contributed by atoms with van der Waals surface area (Å²) in [5, 5.41) is 9.20. The van der Waals surface area contributed by atoms with Gasteiger partial charge in [0.25, 0.3) is 0 Å². The minimum absolute atomic E-state index is 0.122. The van der Waals surface area contributed by atoms with Crippen molar-refractivity contribution in [1.82, 2.24) is 14.8 Å². The van der Waals surface area contributed by atoms with Crippen LogP contribution >= 0.6 is 11.8 Å². The van der Waals surface area contributed by atoms with E-state index in [1.54, 1.807) is 6.26 Å². The van der Waals surface area contributed by atoms with Crippen LogP contribution in [0, 0.1) is 34.6 Å². The summed E-state index contributed by atoms with van der Waals surface area (Å²) < 4.78 is 7.24. The first-order chi connectivity index (χ1) is 12.3. The van der Waals surface area contributed by atoms with Gasteiger partial charge < -0.3 is 8.98 Å². The fraction of sp³-hybridized carbons (Fsp3) is 0.350. The van der Waals surface area contributed by atoms with E-state index >= 15 is 0 Å². The molecule has 0 saturated carbocycles. The average Bonchev–Trinajstić information content (AvgIpc) is 3.16. The van der Waals surface area contributed by atoms with Crippen LogP contribution in [0.25, 0.3) is 11.4 Å². The lowest BCUT2D eigenvalue weighted by Gasteiger charge is -2.14. The van der Waals surface area contributed by atoms with Gasteiger partial charge in [-0.2, -0.15) is 0 Å². The van der Waals surface area contributed by atoms with Gasteiger partial charge in [-0.15, -0.1) is 10.2 Å². The van der Waals surface area contributed by atoms with Crippen molar-refractivity contribution in [2.75, 3.05) is 5.75 Å². The van der Waals surface area contributed by atoms with Crippen molar-refractivity contribution < 1.29 is 9.21 Å². The van der Waals surface area contributed by atoms with E-state index in [2.05, 4.69) is 30.1 Å². The Balaban J connectivity index is 1.81. The first kappa shape index (κ1) is 18.5. The fourth-order valence-electron chi connectivity index (χ4n) is 3.21. The molecule has 0 aliphatic carbocycles. The zero-order valence-corrected chi connectivity index (χ0v) is 16.8. The van der Waals surface area contributed by atoms with Crippen LogP contribution in [0.4, 0.5) is 0 Å². The largest absolute Gasteiger partial charge is 0.469 e. The van der Waals surface area contributed by atoms with Gasteiger partial charge in [0.1, 0.15) is 5.76 Å². The molecule has 0 saturated heterocycles. The zero-order chi connectivity index (χ0) is 19.0. The molecule has 0 aliphatic heterocycles. The van der Waals surface area contributed by atoms with Crippen molar-refractivity contribution in [2.24, 2.45) is 7.05 Å². The summed E-state index contributed by atoms with van der Waals surface area (Å²) >= 11 is 1.41. The summed E-state index contributed by atoms with van der Waals surface area (Å²) in [5.74, 6) is 2.00. The molecule has 0 N–H and O–H groups in total. The van der Waals surface area contributed by atoms with E-state index in [-0.39, 0.29) is 5.78 Å². The predicted octanol–water partition coefficient (Wildman–Crippen LogP) is 4.59. The number of benzene rings is 1. The molecule has 1 aromatic carbocycles. The molecular formula is C20H23N3O2S. The van der Waals surface area contributed by atoms with Crippen LogP contribution in [-0.2, 0) is 7.05 Å². The lowest BCUT2D eigenvalue weighted by atomic mass is 9.92. The molecule has 0 amide bonds. The number of ketones is 1. The summed E-state index contributed by atoms with van der Waals surface area (Å²) in [6.45, 7) is 10.1. The van der Waals surface area contributed by atoms with Crippen LogP contribution < -0.4 is 0 Å². The number of aromatic nitrogens is 3. The summed E-state index contributed by atoms with van der Waals surface area (Å²) in [7, 11) is 1.90. The van der Waals surface area contributed by atoms with Gasteiger partial charge in [0.15, 0.2) is 16.8 Å². The Labute approximate surface area is 157 Å². The van der Waals surface area contributed by atoms with E-state index in [1.165, 1.54) is 22.9 Å². The smallest absolute Gasteiger partial charge is 0.191 e. The molecule has 6 heteroatoms. The van der Waals surface area contributed by atoms with Crippen LogP contribution in [0.15, 0.2) is 28.0 Å². The van der Waals surface area contributed by atoms with Crippen LogP contribution in [0.3, 0.4) is 0 Å². The maximum atomic E-state index is 12.8. The third-order valence-electron chi connectivity index (χ3n) is 4.90. The number of thioether (sulfide) groups is 1. The number of aryl methyl sites for hydroxylation is 3. The van der Waals surface area contributed by atoms with Crippen LogP contribution in [0.1, 0.15) is 38.4 Å². The Kier molecular flexibility index (Phi) is 5.05. The lowest BCUT2D eigenvalue weighted by Crippen LogP contribution is -2.10. The molecule has 2 aromatic heterocycles. The maximum absolute atomic E-state index is 12.8. The van der Waals surface area contributed by atoms with Gasteiger partial charge in [-0.1, -0.05) is 17.8 Å². The molecule has 0 atom stereocenters. The zero-order valence-electron chi connectivity index (χ0n) is 16.0. The van der Waals surface area contributed by atoms with E-state index < -0.39 is 0 Å². The van der Waals surface area contributed by atoms with E-state index in [1.807, 2.05) is 38.5 Å². The Hall–Kier alpha value is -2.34. The van der Waals surface area contributed by atoms with Crippen molar-refractivity contribution >= 4 is 17.5 Å². The van der Waals surface area contributed by atoms with Gasteiger partial charge in [0, 0.05) is 12.6 Å². The van der Waals surface area contributed by atoms with E-state index in [9.17, 15) is 4.79 Å². The van der Waals surface area contributed by atoms with Gasteiger partial charge in [-0.05, 0) is 62.9 Å². The minimum atomic E-state index is 0.122. The van der Waals surface area contributed by atoms with E-state index in [0.717, 1.165) is 33.8 Å². The molecular weight excluding hydrogens is 346 g/mol. The van der Waals surface area contributed by atoms with Gasteiger partial charge in [-0.3, -0.25) is 4.79 Å². The number of furan rings is 1. The lowest BCUT2D eigenvalue weighted by molar-refractivity contribution is 0.102. The highest BCUT2D eigenvalue weighted by Crippen LogP contribution is 2.28. The van der Waals surface area contributed by atoms with Gasteiger partial charge in [-0.25, -0.2) is 0 Å². The standard InChI is InChI=1S/C20H23N3O2S/c1-11-9-12(2)18(14(4)13(11)3)17(24)10-26-20-22-21-19(23(20)6)16-7-8-25-15(16)5/h7-9H,10H2,1-6H3. The second kappa shape index (κ2) is 7.11. The van der Waals surface area contributed by atoms with E-state index in [4.69, 9.17) is 4.42 Å². The van der Waals surface area contributed by atoms with E-state index in [0.29, 0.717) is 10.9 Å². The van der Waals surface area contributed by atoms with Gasteiger partial charge in [0.05, 0.1) is 17.6 Å². The molecule has 2 heterocycles. The monoisotopic (exact) mass is 369 g/mol. The fourth-order valence-corrected chi connectivity index (χ4v) is 3.99. The SMILES string of the molecule is Cc1cc(C)c(C(=O)CSc2nnc(-c3ccoc3C)n2C)c(C)c1C. The van der Waals surface area contributed by atoms with Crippen molar-refractivity contribution in [3.05, 3.63) is 52.0 Å². The number of carbonyl (C=O) groups excluding carboxylic acids is 1. The summed E-state index contributed by atoms with van der Waals surface area (Å²) in [5.41, 5.74) is 6.25. The molecule has 0 unspecified atom stereocenters. The van der Waals surface area contributed by atoms with Crippen LogP contribution in [0.5, 0.6) is 0 Å². The quantitative estimate of drug-likeness (QED) is 0.486. The second-order valence-corrected chi connectivity index (χ2v) is 7.55. The normalized spacial score (nSPS) is 11.2. The molecule has 0 aliphatic rings. The Morgan fingerprint density at radius 2 is 1.85 bits per heavy atom. The van der Waals surface area contributed by atoms with Crippen LogP contribution in [0.2, 0.25) is 0 Å². The average molecular weight is 369 g/mol. The highest BCUT2D eigenvalue weighted by Gasteiger charge is 2.19. The third-order valence-corrected chi connectivity index (χ3v) is 5.92. The molecule has 0 radical (unpaired) electrons. The molecule has 3 aromatic rings. The highest BCUT2D eigenvalue weighted by molar-refractivity contribution is 7.99. The molecule has 5 nitrogen and oxygen atoms in total. The Morgan fingerprint density at radius 3 is 2.50 bits per heavy atom. The van der Waals surface area contributed by atoms with Crippen LogP contribution in [-0.4, -0.2) is 26.3 Å². The Morgan fingerprint density at radius 1 is 1.12 bits per heavy atom. The number of rotatable bonds is 5. The number of hydrogen-bond donors (Lipinski definition) is 0. The maximum Gasteiger partial charge on any atom is 0.191 e. The summed E-state index contributed by atoms with van der Waals surface area (Å²) in [6, 6.07) is 3.96. The first-order valence-corrected chi connectivity index (χ1v) is 9.47. The highest BCUT2D eigenvalue weighted by atomic mass is 32.2. The minimum Gasteiger partial charge on any atom is -0.469 e. The number of Topliss-reactive ketones (excluding diaryl/α,β-unsaturated/α-hetero) is 1. The molecule has 0 spiro atoms. The number of nitrogens with zero attached hydrogens (tertiary/aromatic N) is 3. The first-order valence-electron chi connectivity index (χ1n) is 8.48.